The topological polar surface area (TPSA) is 63.7 Å². The first-order valence-corrected chi connectivity index (χ1v) is 14.9. The van der Waals surface area contributed by atoms with E-state index in [9.17, 15) is 26.4 Å². The van der Waals surface area contributed by atoms with Gasteiger partial charge in [-0.05, 0) is 96.3 Å². The molecule has 0 amide bonds. The van der Waals surface area contributed by atoms with Crippen molar-refractivity contribution in [3.8, 4) is 11.1 Å². The molecule has 1 atom stereocenters. The first-order chi connectivity index (χ1) is 18.8. The van der Waals surface area contributed by atoms with E-state index in [0.717, 1.165) is 47.2 Å². The quantitative estimate of drug-likeness (QED) is 0.281. The number of ether oxygens (including phenoxy) is 1. The van der Waals surface area contributed by atoms with Gasteiger partial charge in [-0.3, -0.25) is 9.10 Å². The van der Waals surface area contributed by atoms with Crippen LogP contribution < -0.4 is 4.31 Å². The normalized spacial score (nSPS) is 17.9. The molecule has 0 fully saturated rings. The summed E-state index contributed by atoms with van der Waals surface area (Å²) < 4.78 is 73.5. The number of esters is 1. The molecule has 212 valence electrons. The smallest absolute Gasteiger partial charge is 0.416 e. The summed E-state index contributed by atoms with van der Waals surface area (Å²) in [6, 6.07) is 15.6. The second-order valence-corrected chi connectivity index (χ2v) is 13.0. The van der Waals surface area contributed by atoms with Crippen molar-refractivity contribution in [2.75, 3.05) is 17.5 Å². The van der Waals surface area contributed by atoms with Gasteiger partial charge in [0.25, 0.3) is 10.0 Å². The Balaban J connectivity index is 1.44. The van der Waals surface area contributed by atoms with Crippen molar-refractivity contribution in [3.63, 3.8) is 0 Å². The number of carbonyl (C=O) groups is 1. The molecule has 40 heavy (non-hydrogen) atoms. The minimum atomic E-state index is -4.41. The standard InChI is InChI=1S/C31H32F3NO4S/c1-4-39-29(36)16-11-22-6-5-21-9-14-25(18-26(21)22)40(37,38)35-19-30(2,3)27-17-23(10-15-28(27)35)20-7-12-24(13-8-20)31(32,33)34/h7-10,12-15,17-18,22H,4-6,11,16,19H2,1-3H3. The van der Waals surface area contributed by atoms with E-state index >= 15 is 0 Å². The molecule has 1 aliphatic heterocycles. The molecule has 1 aliphatic carbocycles. The van der Waals surface area contributed by atoms with Crippen LogP contribution in [-0.2, 0) is 37.6 Å². The van der Waals surface area contributed by atoms with E-state index in [1.54, 1.807) is 31.2 Å². The van der Waals surface area contributed by atoms with Gasteiger partial charge in [0.05, 0.1) is 22.8 Å². The average Bonchev–Trinajstić information content (AvgIpc) is 3.44. The highest BCUT2D eigenvalue weighted by Crippen LogP contribution is 2.46. The number of halogens is 3. The van der Waals surface area contributed by atoms with E-state index in [2.05, 4.69) is 0 Å². The lowest BCUT2D eigenvalue weighted by molar-refractivity contribution is -0.143. The summed E-state index contributed by atoms with van der Waals surface area (Å²) in [5.41, 5.74) is 3.60. The molecule has 2 aliphatic rings. The van der Waals surface area contributed by atoms with E-state index in [1.165, 1.54) is 16.4 Å². The van der Waals surface area contributed by atoms with Crippen LogP contribution in [0.4, 0.5) is 18.9 Å². The first kappa shape index (κ1) is 28.2. The Labute approximate surface area is 233 Å². The molecule has 3 aromatic rings. The molecule has 5 nitrogen and oxygen atoms in total. The van der Waals surface area contributed by atoms with E-state index < -0.39 is 27.2 Å². The molecule has 9 heteroatoms. The Morgan fingerprint density at radius 1 is 1.02 bits per heavy atom. The number of nitrogens with zero attached hydrogens (tertiary/aromatic N) is 1. The summed E-state index contributed by atoms with van der Waals surface area (Å²) in [4.78, 5) is 12.1. The summed E-state index contributed by atoms with van der Waals surface area (Å²) in [6.07, 6.45) is -1.79. The number of hydrogen-bond acceptors (Lipinski definition) is 4. The van der Waals surface area contributed by atoms with Crippen LogP contribution in [0, 0.1) is 0 Å². The largest absolute Gasteiger partial charge is 0.466 e. The minimum absolute atomic E-state index is 0.100. The Bertz CT molecular complexity index is 1550. The van der Waals surface area contributed by atoms with Crippen molar-refractivity contribution in [2.45, 2.75) is 68.9 Å². The lowest BCUT2D eigenvalue weighted by atomic mass is 9.85. The zero-order chi connectivity index (χ0) is 28.9. The molecule has 0 saturated heterocycles. The van der Waals surface area contributed by atoms with E-state index in [-0.39, 0.29) is 23.3 Å². The van der Waals surface area contributed by atoms with Gasteiger partial charge in [0.2, 0.25) is 0 Å². The lowest BCUT2D eigenvalue weighted by Gasteiger charge is -2.23. The number of hydrogen-bond donors (Lipinski definition) is 0. The number of rotatable bonds is 7. The number of aryl methyl sites for hydroxylation is 1. The molecule has 0 N–H and O–H groups in total. The Hall–Kier alpha value is -3.33. The van der Waals surface area contributed by atoms with Crippen LogP contribution in [0.3, 0.4) is 0 Å². The summed E-state index contributed by atoms with van der Waals surface area (Å²) in [5.74, 6) is -0.144. The number of sulfonamides is 1. The first-order valence-electron chi connectivity index (χ1n) is 13.4. The van der Waals surface area contributed by atoms with Gasteiger partial charge in [-0.15, -0.1) is 0 Å². The SMILES string of the molecule is CCOC(=O)CCC1CCc2ccc(S(=O)(=O)N3CC(C)(C)c4cc(-c5ccc(C(F)(F)F)cc5)ccc43)cc21. The zero-order valence-electron chi connectivity index (χ0n) is 22.7. The second-order valence-electron chi connectivity index (χ2n) is 11.1. The van der Waals surface area contributed by atoms with Gasteiger partial charge in [0, 0.05) is 18.4 Å². The van der Waals surface area contributed by atoms with Gasteiger partial charge in [-0.25, -0.2) is 8.42 Å². The van der Waals surface area contributed by atoms with Crippen molar-refractivity contribution in [1.29, 1.82) is 0 Å². The fraction of sp³-hybridized carbons (Fsp3) is 0.387. The van der Waals surface area contributed by atoms with Crippen molar-refractivity contribution in [1.82, 2.24) is 0 Å². The highest BCUT2D eigenvalue weighted by Gasteiger charge is 2.42. The van der Waals surface area contributed by atoms with Gasteiger partial charge in [-0.1, -0.05) is 38.1 Å². The van der Waals surface area contributed by atoms with Crippen LogP contribution in [0.15, 0.2) is 65.6 Å². The Morgan fingerprint density at radius 3 is 2.40 bits per heavy atom. The highest BCUT2D eigenvalue weighted by molar-refractivity contribution is 7.92. The van der Waals surface area contributed by atoms with Crippen molar-refractivity contribution in [2.24, 2.45) is 0 Å². The average molecular weight is 572 g/mol. The van der Waals surface area contributed by atoms with Gasteiger partial charge in [0.15, 0.2) is 0 Å². The van der Waals surface area contributed by atoms with Gasteiger partial charge < -0.3 is 4.74 Å². The third-order valence-electron chi connectivity index (χ3n) is 7.99. The fourth-order valence-corrected chi connectivity index (χ4v) is 7.53. The van der Waals surface area contributed by atoms with E-state index in [0.29, 0.717) is 30.7 Å². The maximum atomic E-state index is 14.0. The van der Waals surface area contributed by atoms with Crippen molar-refractivity contribution in [3.05, 3.63) is 82.9 Å². The van der Waals surface area contributed by atoms with Crippen LogP contribution in [-0.4, -0.2) is 27.5 Å². The molecular formula is C31H32F3NO4S. The molecule has 0 radical (unpaired) electrons. The number of anilines is 1. The lowest BCUT2D eigenvalue weighted by Crippen LogP contribution is -2.34. The maximum Gasteiger partial charge on any atom is 0.416 e. The Kier molecular flexibility index (Phi) is 7.23. The highest BCUT2D eigenvalue weighted by atomic mass is 32.2. The fourth-order valence-electron chi connectivity index (χ4n) is 5.85. The molecule has 0 bridgehead atoms. The summed E-state index contributed by atoms with van der Waals surface area (Å²) in [6.45, 7) is 6.28. The summed E-state index contributed by atoms with van der Waals surface area (Å²) in [7, 11) is -3.89. The third-order valence-corrected chi connectivity index (χ3v) is 9.74. The Morgan fingerprint density at radius 2 is 1.73 bits per heavy atom. The van der Waals surface area contributed by atoms with Gasteiger partial charge in [0.1, 0.15) is 0 Å². The molecule has 3 aromatic carbocycles. The molecule has 1 heterocycles. The zero-order valence-corrected chi connectivity index (χ0v) is 23.5. The van der Waals surface area contributed by atoms with E-state index in [1.807, 2.05) is 26.0 Å². The summed E-state index contributed by atoms with van der Waals surface area (Å²) >= 11 is 0. The van der Waals surface area contributed by atoms with Crippen molar-refractivity contribution < 1.29 is 31.1 Å². The van der Waals surface area contributed by atoms with Crippen LogP contribution in [0.25, 0.3) is 11.1 Å². The van der Waals surface area contributed by atoms with Crippen LogP contribution >= 0.6 is 0 Å². The number of alkyl halides is 3. The molecular weight excluding hydrogens is 539 g/mol. The monoisotopic (exact) mass is 571 g/mol. The van der Waals surface area contributed by atoms with Crippen LogP contribution in [0.5, 0.6) is 0 Å². The van der Waals surface area contributed by atoms with Gasteiger partial charge in [-0.2, -0.15) is 13.2 Å². The minimum Gasteiger partial charge on any atom is -0.466 e. The molecule has 0 spiro atoms. The van der Waals surface area contributed by atoms with Crippen LogP contribution in [0.1, 0.15) is 68.2 Å². The number of benzene rings is 3. The molecule has 0 saturated carbocycles. The van der Waals surface area contributed by atoms with Crippen LogP contribution in [0.2, 0.25) is 0 Å². The summed E-state index contributed by atoms with van der Waals surface area (Å²) in [5, 5.41) is 0. The number of fused-ring (bicyclic) bond motifs is 2. The molecule has 5 rings (SSSR count). The molecule has 1 unspecified atom stereocenters. The third kappa shape index (κ3) is 5.23. The molecule has 0 aromatic heterocycles. The second kappa shape index (κ2) is 10.3. The van der Waals surface area contributed by atoms with E-state index in [4.69, 9.17) is 4.74 Å². The predicted octanol–water partition coefficient (Wildman–Crippen LogP) is 7.23. The van der Waals surface area contributed by atoms with Gasteiger partial charge >= 0.3 is 12.1 Å². The predicted molar refractivity (Wildman–Crippen MR) is 148 cm³/mol. The maximum absolute atomic E-state index is 14.0. The number of carbonyl (C=O) groups excluding carboxylic acids is 1. The van der Waals surface area contributed by atoms with Crippen molar-refractivity contribution >= 4 is 21.7 Å².